The van der Waals surface area contributed by atoms with E-state index in [9.17, 15) is 14.0 Å². The van der Waals surface area contributed by atoms with Crippen LogP contribution in [0.1, 0.15) is 41.4 Å². The van der Waals surface area contributed by atoms with E-state index in [0.29, 0.717) is 0 Å². The molecular weight excluding hydrogens is 445 g/mol. The van der Waals surface area contributed by atoms with Crippen LogP contribution in [0, 0.1) is 5.82 Å². The molecule has 0 aliphatic rings. The maximum Gasteiger partial charge on any atom is 0.351 e. The van der Waals surface area contributed by atoms with Gasteiger partial charge in [-0.1, -0.05) is 81.4 Å². The van der Waals surface area contributed by atoms with Gasteiger partial charge in [0.05, 0.1) is 7.11 Å². The number of esters is 1. The van der Waals surface area contributed by atoms with Crippen LogP contribution in [0.3, 0.4) is 0 Å². The molecule has 32 heavy (non-hydrogen) atoms. The predicted molar refractivity (Wildman–Crippen MR) is 126 cm³/mol. The number of halogens is 1. The average Bonchev–Trinajstić information content (AvgIpc) is 3.15. The number of hydrogen-bond acceptors (Lipinski definition) is 5. The Kier molecular flexibility index (Phi) is 6.97. The van der Waals surface area contributed by atoms with Gasteiger partial charge >= 0.3 is 5.97 Å². The van der Waals surface area contributed by atoms with Gasteiger partial charge in [0, 0.05) is 4.88 Å². The number of carbonyl (C=O) groups is 2. The minimum atomic E-state index is -3.13. The van der Waals surface area contributed by atoms with Crippen molar-refractivity contribution < 1.29 is 23.1 Å². The van der Waals surface area contributed by atoms with E-state index in [1.165, 1.54) is 7.11 Å². The molecule has 8 heteroatoms. The number of carbonyl (C=O) groups excluding carboxylic acids is 2. The molecule has 1 aromatic heterocycles. The summed E-state index contributed by atoms with van der Waals surface area (Å²) in [6.45, 7) is 6.18. The van der Waals surface area contributed by atoms with Crippen LogP contribution < -0.4 is 16.1 Å². The van der Waals surface area contributed by atoms with E-state index in [2.05, 4.69) is 25.5 Å². The van der Waals surface area contributed by atoms with E-state index in [4.69, 9.17) is 10.2 Å². The predicted octanol–water partition coefficient (Wildman–Crippen LogP) is 3.78. The van der Waals surface area contributed by atoms with E-state index >= 15 is 0 Å². The first-order chi connectivity index (χ1) is 15.1. The van der Waals surface area contributed by atoms with Gasteiger partial charge in [-0.15, -0.1) is 11.3 Å². The van der Waals surface area contributed by atoms with Gasteiger partial charge in [0.1, 0.15) is 10.7 Å². The molecular formula is C24H26FNO4SSi. The van der Waals surface area contributed by atoms with Crippen LogP contribution in [0.25, 0.3) is 0 Å². The van der Waals surface area contributed by atoms with E-state index in [1.54, 1.807) is 0 Å². The highest BCUT2D eigenvalue weighted by Gasteiger charge is 2.52. The Bertz CT molecular complexity index is 1060. The first kappa shape index (κ1) is 23.8. The summed E-state index contributed by atoms with van der Waals surface area (Å²) in [4.78, 5) is 24.5. The van der Waals surface area contributed by atoms with Crippen molar-refractivity contribution in [1.29, 1.82) is 0 Å². The smallest absolute Gasteiger partial charge is 0.351 e. The fraction of sp³-hybridized carbons (Fsp3) is 0.250. The van der Waals surface area contributed by atoms with Gasteiger partial charge < -0.3 is 14.9 Å². The number of methoxy groups -OCH3 is 1. The van der Waals surface area contributed by atoms with Crippen molar-refractivity contribution in [2.45, 2.75) is 31.9 Å². The van der Waals surface area contributed by atoms with Gasteiger partial charge in [0.2, 0.25) is 0 Å². The average molecular weight is 472 g/mol. The molecule has 1 heterocycles. The quantitative estimate of drug-likeness (QED) is 0.420. The number of thiophene rings is 1. The Morgan fingerprint density at radius 1 is 1.00 bits per heavy atom. The highest BCUT2D eigenvalue weighted by Crippen LogP contribution is 2.41. The Balaban J connectivity index is 2.23. The lowest BCUT2D eigenvalue weighted by Crippen LogP contribution is -2.67. The minimum Gasteiger partial charge on any atom is -0.465 e. The molecule has 0 fully saturated rings. The highest BCUT2D eigenvalue weighted by atomic mass is 32.1. The van der Waals surface area contributed by atoms with E-state index in [-0.39, 0.29) is 9.75 Å². The largest absolute Gasteiger partial charge is 0.465 e. The van der Waals surface area contributed by atoms with E-state index in [0.717, 1.165) is 27.8 Å². The molecule has 0 aliphatic heterocycles. The number of rotatable bonds is 7. The van der Waals surface area contributed by atoms with Crippen molar-refractivity contribution in [2.75, 3.05) is 7.11 Å². The number of hydrogen-bond donors (Lipinski definition) is 1. The SMILES string of the molecule is COC(=O)c1sc(C(O[Si](c2ccccc2)(c2ccccc2)C(C)(C)C)C(N)=O)cc1F. The molecule has 1 atom stereocenters. The molecule has 0 aliphatic carbocycles. The summed E-state index contributed by atoms with van der Waals surface area (Å²) in [6.07, 6.45) is -1.24. The number of primary amides is 1. The molecule has 1 unspecified atom stereocenters. The third-order valence-corrected chi connectivity index (χ3v) is 11.4. The van der Waals surface area contributed by atoms with E-state index < -0.39 is 37.2 Å². The lowest BCUT2D eigenvalue weighted by atomic mass is 10.2. The zero-order valence-corrected chi connectivity index (χ0v) is 20.2. The fourth-order valence-corrected chi connectivity index (χ4v) is 9.56. The monoisotopic (exact) mass is 471 g/mol. The van der Waals surface area contributed by atoms with Crippen molar-refractivity contribution in [3.63, 3.8) is 0 Å². The second-order valence-electron chi connectivity index (χ2n) is 8.38. The van der Waals surface area contributed by atoms with Gasteiger partial charge in [0.15, 0.2) is 6.10 Å². The minimum absolute atomic E-state index is 0.222. The fourth-order valence-electron chi connectivity index (χ4n) is 3.87. The number of nitrogens with two attached hydrogens (primary N) is 1. The third kappa shape index (κ3) is 4.39. The van der Waals surface area contributed by atoms with Crippen molar-refractivity contribution in [2.24, 2.45) is 5.73 Å². The van der Waals surface area contributed by atoms with Crippen LogP contribution in [-0.4, -0.2) is 27.3 Å². The lowest BCUT2D eigenvalue weighted by molar-refractivity contribution is -0.125. The summed E-state index contributed by atoms with van der Waals surface area (Å²) < 4.78 is 25.9. The normalized spacial score (nSPS) is 12.9. The van der Waals surface area contributed by atoms with Gasteiger partial charge in [-0.2, -0.15) is 0 Å². The topological polar surface area (TPSA) is 78.6 Å². The Labute approximate surface area is 192 Å². The summed E-state index contributed by atoms with van der Waals surface area (Å²) in [5, 5.41) is 1.50. The Morgan fingerprint density at radius 2 is 1.50 bits per heavy atom. The van der Waals surface area contributed by atoms with Crippen molar-refractivity contribution in [3.8, 4) is 0 Å². The van der Waals surface area contributed by atoms with Crippen molar-refractivity contribution in [3.05, 3.63) is 82.3 Å². The zero-order valence-electron chi connectivity index (χ0n) is 18.4. The first-order valence-electron chi connectivity index (χ1n) is 10.1. The molecule has 3 rings (SSSR count). The van der Waals surface area contributed by atoms with Gasteiger partial charge in [-0.3, -0.25) is 4.79 Å². The van der Waals surface area contributed by atoms with Crippen LogP contribution in [0.15, 0.2) is 66.7 Å². The molecule has 5 nitrogen and oxygen atoms in total. The summed E-state index contributed by atoms with van der Waals surface area (Å²) in [5.74, 6) is -2.34. The maximum absolute atomic E-state index is 14.5. The van der Waals surface area contributed by atoms with E-state index in [1.807, 2.05) is 60.7 Å². The molecule has 1 amide bonds. The van der Waals surface area contributed by atoms with Gasteiger partial charge in [0.25, 0.3) is 14.2 Å². The zero-order chi connectivity index (χ0) is 23.5. The van der Waals surface area contributed by atoms with Crippen molar-refractivity contribution >= 4 is 41.9 Å². The highest BCUT2D eigenvalue weighted by molar-refractivity contribution is 7.14. The lowest BCUT2D eigenvalue weighted by Gasteiger charge is -2.44. The molecule has 2 aromatic carbocycles. The molecule has 3 aromatic rings. The molecule has 0 saturated carbocycles. The second-order valence-corrected chi connectivity index (χ2v) is 13.7. The molecule has 0 saturated heterocycles. The summed E-state index contributed by atoms with van der Waals surface area (Å²) in [6, 6.07) is 20.6. The van der Waals surface area contributed by atoms with Crippen LogP contribution in [0.4, 0.5) is 4.39 Å². The van der Waals surface area contributed by atoms with Crippen LogP contribution in [0.2, 0.25) is 5.04 Å². The Hall–Kier alpha value is -2.81. The summed E-state index contributed by atoms with van der Waals surface area (Å²) in [7, 11) is -1.96. The van der Waals surface area contributed by atoms with Crippen LogP contribution in [-0.2, 0) is 14.0 Å². The third-order valence-electron chi connectivity index (χ3n) is 5.30. The molecule has 168 valence electrons. The molecule has 0 bridgehead atoms. The number of benzene rings is 2. The second kappa shape index (κ2) is 9.36. The summed E-state index contributed by atoms with van der Waals surface area (Å²) in [5.41, 5.74) is 5.77. The van der Waals surface area contributed by atoms with Gasteiger partial charge in [-0.05, 0) is 21.5 Å². The van der Waals surface area contributed by atoms with Crippen molar-refractivity contribution in [1.82, 2.24) is 0 Å². The maximum atomic E-state index is 14.5. The van der Waals surface area contributed by atoms with Crippen LogP contribution >= 0.6 is 11.3 Å². The molecule has 0 spiro atoms. The van der Waals surface area contributed by atoms with Gasteiger partial charge in [-0.25, -0.2) is 9.18 Å². The standard InChI is InChI=1S/C24H26FNO4SSi/c1-24(2,3)32(16-11-7-5-8-12-16,17-13-9-6-10-14-17)30-20(22(26)27)19-15-18(25)21(31-19)23(28)29-4/h5-15,20H,1-4H3,(H2,26,27). The first-order valence-corrected chi connectivity index (χ1v) is 12.8. The Morgan fingerprint density at radius 3 is 1.91 bits per heavy atom. The summed E-state index contributed by atoms with van der Waals surface area (Å²) >= 11 is 0.817. The number of ether oxygens (including phenoxy) is 1. The van der Waals surface area contributed by atoms with Crippen LogP contribution in [0.5, 0.6) is 0 Å². The molecule has 0 radical (unpaired) electrons. The molecule has 2 N–H and O–H groups in total. The number of amides is 1.